The Morgan fingerprint density at radius 3 is 1.12 bits per heavy atom. The van der Waals surface area contributed by atoms with Gasteiger partial charge in [0.2, 0.25) is 0 Å². The van der Waals surface area contributed by atoms with Crippen LogP contribution >= 0.6 is 17.0 Å². The summed E-state index contributed by atoms with van der Waals surface area (Å²) < 4.78 is 185. The first-order chi connectivity index (χ1) is 33.6. The molecule has 370 valence electrons. The van der Waals surface area contributed by atoms with Gasteiger partial charge in [-0.2, -0.15) is 0 Å². The average Bonchev–Trinajstić information content (AvgIpc) is 4.10. The van der Waals surface area contributed by atoms with Crippen molar-refractivity contribution in [3.05, 3.63) is 189 Å². The Morgan fingerprint density at radius 1 is 0.472 bits per heavy atom. The number of benzene rings is 6. The van der Waals surface area contributed by atoms with Gasteiger partial charge in [0.05, 0.1) is 0 Å². The molecule has 6 aromatic carbocycles. The maximum atomic E-state index is 14.5. The van der Waals surface area contributed by atoms with Crippen LogP contribution in [0.25, 0.3) is 67.1 Å². The Morgan fingerprint density at radius 2 is 0.806 bits per heavy atom. The van der Waals surface area contributed by atoms with Crippen LogP contribution in [0.1, 0.15) is 74.4 Å². The van der Waals surface area contributed by atoms with Crippen LogP contribution in [-0.4, -0.2) is 5.43 Å². The maximum absolute atomic E-state index is 14.5. The van der Waals surface area contributed by atoms with E-state index >= 15 is 0 Å². The van der Waals surface area contributed by atoms with Crippen molar-refractivity contribution in [1.29, 1.82) is 0 Å². The summed E-state index contributed by atoms with van der Waals surface area (Å²) in [5, 5.41) is 2.48. The van der Waals surface area contributed by atoms with Crippen LogP contribution in [0.2, 0.25) is 13.1 Å². The van der Waals surface area contributed by atoms with Crippen LogP contribution in [0, 0.1) is 13.8 Å². The molecule has 8 aromatic rings. The van der Waals surface area contributed by atoms with E-state index in [4.69, 9.17) is 25.9 Å². The van der Waals surface area contributed by atoms with Crippen molar-refractivity contribution in [2.75, 3.05) is 0 Å². The molecule has 2 heterocycles. The van der Waals surface area contributed by atoms with Crippen molar-refractivity contribution in [2.45, 2.75) is 58.9 Å². The first-order valence-electron chi connectivity index (χ1n) is 22.2. The fourth-order valence-corrected chi connectivity index (χ4v) is 38.4. The molecule has 0 fully saturated rings. The molecule has 0 spiro atoms. The zero-order valence-electron chi connectivity index (χ0n) is 38.0. The Hall–Kier alpha value is -5.28. The molecule has 2 atom stereocenters. The molecule has 0 amide bonds. The topological polar surface area (TPSA) is 26.3 Å². The number of furan rings is 2. The number of hydrogen-bond donors (Lipinski definition) is 0. The molecular formula is C54H36Cl2F12O2SiZr. The third-order valence-electron chi connectivity index (χ3n) is 14.1. The first-order valence-corrected chi connectivity index (χ1v) is 37.5. The molecule has 10 rings (SSSR count). The van der Waals surface area contributed by atoms with Gasteiger partial charge in [0.1, 0.15) is 0 Å². The third kappa shape index (κ3) is 8.05. The molecule has 2 aromatic heterocycles. The molecule has 2 nitrogen and oxygen atoms in total. The van der Waals surface area contributed by atoms with E-state index in [1.165, 1.54) is 12.5 Å². The van der Waals surface area contributed by atoms with Gasteiger partial charge >= 0.3 is 414 Å². The van der Waals surface area contributed by atoms with Crippen molar-refractivity contribution < 1.29 is 76.5 Å². The SMILES string of the molecule is Cc1ccc2c(c1-c1cc(C(F)(F)F)cc(C(F)(F)F)c1)C=C(c1occ3ccccc13)[CH]2[Zr]([Cl])([Cl])([CH]1C(c2occ3ccccc23)=Cc2c1ccc(C)c2-c1cc(C(F)(F)F)cc(C(F)(F)F)c1)=[Si](C)C. The van der Waals surface area contributed by atoms with E-state index in [1.807, 2.05) is 13.1 Å². The van der Waals surface area contributed by atoms with E-state index in [9.17, 15) is 52.7 Å². The van der Waals surface area contributed by atoms with Crippen LogP contribution in [0.5, 0.6) is 0 Å². The molecule has 18 heteroatoms. The summed E-state index contributed by atoms with van der Waals surface area (Å²) >= 11 is -6.43. The van der Waals surface area contributed by atoms with Crippen LogP contribution in [-0.2, 0) is 39.7 Å². The molecule has 0 aliphatic heterocycles. The second kappa shape index (κ2) is 16.9. The van der Waals surface area contributed by atoms with Crippen molar-refractivity contribution in [1.82, 2.24) is 0 Å². The van der Waals surface area contributed by atoms with Crippen LogP contribution in [0.4, 0.5) is 52.7 Å². The van der Waals surface area contributed by atoms with Gasteiger partial charge in [-0.15, -0.1) is 0 Å². The first kappa shape index (κ1) is 50.3. The van der Waals surface area contributed by atoms with Gasteiger partial charge in [-0.3, -0.25) is 0 Å². The summed E-state index contributed by atoms with van der Waals surface area (Å²) in [7, 11) is 17.6. The van der Waals surface area contributed by atoms with Gasteiger partial charge in [0, 0.05) is 0 Å². The van der Waals surface area contributed by atoms with E-state index in [-0.39, 0.29) is 57.0 Å². The van der Waals surface area contributed by atoms with E-state index in [2.05, 4.69) is 0 Å². The number of hydrogen-bond acceptors (Lipinski definition) is 2. The molecular weight excluding hydrogens is 1100 g/mol. The van der Waals surface area contributed by atoms with Gasteiger partial charge in [0.15, 0.2) is 0 Å². The molecule has 0 radical (unpaired) electrons. The van der Waals surface area contributed by atoms with Crippen molar-refractivity contribution >= 4 is 67.3 Å². The van der Waals surface area contributed by atoms with Gasteiger partial charge in [-0.05, 0) is 0 Å². The molecule has 0 saturated carbocycles. The third-order valence-corrected chi connectivity index (χ3v) is 60.4. The number of allylic oxidation sites excluding steroid dienone is 2. The normalized spacial score (nSPS) is 16.6. The van der Waals surface area contributed by atoms with Gasteiger partial charge in [-0.1, -0.05) is 0 Å². The average molecular weight is 1140 g/mol. The summed E-state index contributed by atoms with van der Waals surface area (Å²) in [5.74, 6) is 0.557. The molecule has 0 N–H and O–H groups in total. The fourth-order valence-electron chi connectivity index (χ4n) is 10.8. The van der Waals surface area contributed by atoms with E-state index in [1.54, 1.807) is 98.8 Å². The van der Waals surface area contributed by atoms with Gasteiger partial charge in [-0.25, -0.2) is 0 Å². The Kier molecular flexibility index (Phi) is 11.8. The number of halogens is 14. The molecule has 2 aliphatic rings. The summed E-state index contributed by atoms with van der Waals surface area (Å²) in [6, 6.07) is 23.6. The summed E-state index contributed by atoms with van der Waals surface area (Å²) in [6.07, 6.45) is -14.4. The van der Waals surface area contributed by atoms with Crippen molar-refractivity contribution in [3.63, 3.8) is 0 Å². The molecule has 2 aliphatic carbocycles. The number of aryl methyl sites for hydroxylation is 2. The number of fused-ring (bicyclic) bond motifs is 4. The Bertz CT molecular complexity index is 3430. The Balaban J connectivity index is 1.32. The van der Waals surface area contributed by atoms with Crippen molar-refractivity contribution in [2.24, 2.45) is 0 Å². The predicted octanol–water partition coefficient (Wildman–Crippen LogP) is 19.3. The van der Waals surface area contributed by atoms with Crippen LogP contribution < -0.4 is 0 Å². The second-order valence-electron chi connectivity index (χ2n) is 18.6. The van der Waals surface area contributed by atoms with Gasteiger partial charge in [0.25, 0.3) is 0 Å². The van der Waals surface area contributed by atoms with E-state index in [0.29, 0.717) is 79.2 Å². The quantitative estimate of drug-likeness (QED) is 0.123. The minimum absolute atomic E-state index is 0.0500. The zero-order valence-corrected chi connectivity index (χ0v) is 42.9. The molecule has 72 heavy (non-hydrogen) atoms. The van der Waals surface area contributed by atoms with Gasteiger partial charge < -0.3 is 0 Å². The van der Waals surface area contributed by atoms with E-state index in [0.717, 1.165) is 0 Å². The van der Waals surface area contributed by atoms with Crippen molar-refractivity contribution in [3.8, 4) is 22.3 Å². The summed E-state index contributed by atoms with van der Waals surface area (Å²) in [4.78, 5) is 0. The van der Waals surface area contributed by atoms with E-state index < -0.39 is 74.7 Å². The summed E-state index contributed by atoms with van der Waals surface area (Å²) in [5.41, 5.74) is -6.23. The fraction of sp³-hybridized carbons (Fsp3) is 0.185. The molecule has 0 saturated heterocycles. The standard InChI is InChI=1S/2C26H15F6O.C2H6Si.2ClH.Zr/c2*1-14-6-7-15-8-18(24-21-5-3-2-4-16(21)13-33-24)11-22(15)23(14)17-9-19(25(27,28)29)12-20(10-17)26(30,31)32;1-3-2;;;/h2*2-13H,1H3;1-2H3;2*1H;/q;;;;;+2/p-2. The second-order valence-corrected chi connectivity index (χ2v) is 57.4. The molecule has 2 unspecified atom stereocenters. The zero-order chi connectivity index (χ0) is 51.9. The number of alkyl halides is 12. The minimum atomic E-state index is -6.43. The predicted molar refractivity (Wildman–Crippen MR) is 256 cm³/mol. The number of rotatable bonds is 6. The monoisotopic (exact) mass is 1130 g/mol. The Labute approximate surface area is 411 Å². The molecule has 0 bridgehead atoms. The van der Waals surface area contributed by atoms with Crippen LogP contribution in [0.15, 0.2) is 131 Å². The van der Waals surface area contributed by atoms with Crippen LogP contribution in [0.3, 0.4) is 0 Å². The summed E-state index contributed by atoms with van der Waals surface area (Å²) in [6.45, 7) is 6.92.